The molecule has 1 heterocycles. The number of ether oxygens (including phenoxy) is 3. The van der Waals surface area contributed by atoms with Crippen LogP contribution in [0.4, 0.5) is 0 Å². The fourth-order valence-corrected chi connectivity index (χ4v) is 5.80. The molecule has 1 aromatic carbocycles. The fraction of sp³-hybridized carbons (Fsp3) is 0.579. The van der Waals surface area contributed by atoms with Crippen molar-refractivity contribution in [2.45, 2.75) is 43.6 Å². The van der Waals surface area contributed by atoms with E-state index in [1.54, 1.807) is 14.2 Å². The number of methoxy groups -OCH3 is 2. The van der Waals surface area contributed by atoms with Crippen LogP contribution in [0, 0.1) is 11.8 Å². The number of hydrogen-bond acceptors (Lipinski definition) is 3. The maximum absolute atomic E-state index is 6.49. The Hall–Kier alpha value is -1.64. The smallest absolute Gasteiger partial charge is 0.166 e. The molecule has 22 heavy (non-hydrogen) atoms. The molecule has 0 aromatic heterocycles. The summed E-state index contributed by atoms with van der Waals surface area (Å²) in [6.07, 6.45) is 8.52. The van der Waals surface area contributed by atoms with Gasteiger partial charge in [-0.15, -0.1) is 0 Å². The van der Waals surface area contributed by atoms with Crippen molar-refractivity contribution in [3.63, 3.8) is 0 Å². The van der Waals surface area contributed by atoms with Gasteiger partial charge in [0.2, 0.25) is 0 Å². The summed E-state index contributed by atoms with van der Waals surface area (Å²) < 4.78 is 17.8. The van der Waals surface area contributed by atoms with E-state index in [0.29, 0.717) is 5.92 Å². The molecule has 0 radical (unpaired) electrons. The summed E-state index contributed by atoms with van der Waals surface area (Å²) in [6, 6.07) is 4.35. The van der Waals surface area contributed by atoms with Gasteiger partial charge in [0.1, 0.15) is 5.76 Å². The largest absolute Gasteiger partial charge is 0.497 e. The van der Waals surface area contributed by atoms with E-state index in [2.05, 4.69) is 18.2 Å². The summed E-state index contributed by atoms with van der Waals surface area (Å²) in [4.78, 5) is 0. The lowest BCUT2D eigenvalue weighted by molar-refractivity contribution is 0.00262. The lowest BCUT2D eigenvalue weighted by Crippen LogP contribution is -2.55. The van der Waals surface area contributed by atoms with E-state index in [9.17, 15) is 0 Å². The van der Waals surface area contributed by atoms with Crippen LogP contribution in [0.15, 0.2) is 24.0 Å². The molecule has 4 atom stereocenters. The molecule has 5 rings (SSSR count). The summed E-state index contributed by atoms with van der Waals surface area (Å²) in [7, 11) is 3.51. The van der Waals surface area contributed by atoms with Crippen molar-refractivity contribution in [2.75, 3.05) is 14.2 Å². The molecule has 0 N–H and O–H groups in total. The van der Waals surface area contributed by atoms with E-state index in [0.717, 1.165) is 29.6 Å². The van der Waals surface area contributed by atoms with Crippen LogP contribution in [0.3, 0.4) is 0 Å². The third-order valence-electron chi connectivity index (χ3n) is 6.54. The molecule has 1 aromatic rings. The van der Waals surface area contributed by atoms with Crippen molar-refractivity contribution in [1.82, 2.24) is 0 Å². The Morgan fingerprint density at radius 2 is 2.14 bits per heavy atom. The molecule has 2 bridgehead atoms. The van der Waals surface area contributed by atoms with Crippen molar-refractivity contribution < 1.29 is 14.2 Å². The molecule has 1 saturated carbocycles. The number of rotatable bonds is 2. The standard InChI is InChI=1S/C19H22O3/c1-20-14-7-5-12-10-11-4-3-9-19-13(11)6-8-15(21-2)18(19)22-17(14)16(12)19/h5,7-8,11,13,18H,3-4,6,9-10H2,1-2H3/t11-,13?,18+,19+/m1/s1. The molecule has 3 aliphatic carbocycles. The van der Waals surface area contributed by atoms with Crippen LogP contribution in [-0.2, 0) is 16.6 Å². The number of benzene rings is 1. The summed E-state index contributed by atoms with van der Waals surface area (Å²) in [5, 5.41) is 0. The Morgan fingerprint density at radius 3 is 2.95 bits per heavy atom. The SMILES string of the molecule is COC1=CCC2[C@@H]3CCC[C@@]24c2c(ccc(OC)c2O[C@@H]14)C3. The topological polar surface area (TPSA) is 27.7 Å². The van der Waals surface area contributed by atoms with E-state index in [1.165, 1.54) is 36.8 Å². The normalized spacial score (nSPS) is 37.0. The van der Waals surface area contributed by atoms with Crippen LogP contribution in [0.2, 0.25) is 0 Å². The first-order chi connectivity index (χ1) is 10.8. The van der Waals surface area contributed by atoms with Crippen LogP contribution in [0.5, 0.6) is 11.5 Å². The minimum atomic E-state index is 0.0457. The van der Waals surface area contributed by atoms with E-state index in [4.69, 9.17) is 14.2 Å². The number of hydrogen-bond donors (Lipinski definition) is 0. The maximum Gasteiger partial charge on any atom is 0.166 e. The van der Waals surface area contributed by atoms with Gasteiger partial charge < -0.3 is 14.2 Å². The average molecular weight is 298 g/mol. The van der Waals surface area contributed by atoms with Crippen LogP contribution < -0.4 is 9.47 Å². The molecule has 1 fully saturated rings. The molecule has 0 amide bonds. The van der Waals surface area contributed by atoms with Gasteiger partial charge in [0.05, 0.1) is 14.2 Å². The van der Waals surface area contributed by atoms with Gasteiger partial charge in [-0.2, -0.15) is 0 Å². The minimum Gasteiger partial charge on any atom is -0.497 e. The first-order valence-corrected chi connectivity index (χ1v) is 8.40. The highest BCUT2D eigenvalue weighted by Crippen LogP contribution is 2.65. The quantitative estimate of drug-likeness (QED) is 0.835. The molecular weight excluding hydrogens is 276 g/mol. The predicted octanol–water partition coefficient (Wildman–Crippen LogP) is 3.60. The predicted molar refractivity (Wildman–Crippen MR) is 83.3 cm³/mol. The molecule has 1 unspecified atom stereocenters. The Morgan fingerprint density at radius 1 is 1.23 bits per heavy atom. The van der Waals surface area contributed by atoms with Gasteiger partial charge in [-0.25, -0.2) is 0 Å². The Labute approximate surface area is 131 Å². The molecule has 0 saturated heterocycles. The highest BCUT2D eigenvalue weighted by molar-refractivity contribution is 5.61. The molecular formula is C19H22O3. The zero-order valence-electron chi connectivity index (χ0n) is 13.2. The monoisotopic (exact) mass is 298 g/mol. The third-order valence-corrected chi connectivity index (χ3v) is 6.54. The Bertz CT molecular complexity index is 678. The minimum absolute atomic E-state index is 0.0457. The molecule has 1 spiro atoms. The van der Waals surface area contributed by atoms with Crippen LogP contribution >= 0.6 is 0 Å². The van der Waals surface area contributed by atoms with Gasteiger partial charge in [0.25, 0.3) is 0 Å². The van der Waals surface area contributed by atoms with Gasteiger partial charge in [0.15, 0.2) is 17.6 Å². The van der Waals surface area contributed by atoms with Gasteiger partial charge in [-0.3, -0.25) is 0 Å². The zero-order chi connectivity index (χ0) is 14.9. The van der Waals surface area contributed by atoms with Crippen molar-refractivity contribution in [1.29, 1.82) is 0 Å². The molecule has 1 aliphatic heterocycles. The fourth-order valence-electron chi connectivity index (χ4n) is 5.80. The molecule has 116 valence electrons. The highest BCUT2D eigenvalue weighted by atomic mass is 16.6. The average Bonchev–Trinajstić information content (AvgIpc) is 2.88. The molecule has 3 nitrogen and oxygen atoms in total. The number of allylic oxidation sites excluding steroid dienone is 1. The Kier molecular flexibility index (Phi) is 2.46. The van der Waals surface area contributed by atoms with E-state index in [1.807, 2.05) is 0 Å². The van der Waals surface area contributed by atoms with Gasteiger partial charge >= 0.3 is 0 Å². The Balaban J connectivity index is 1.81. The van der Waals surface area contributed by atoms with Crippen molar-refractivity contribution >= 4 is 0 Å². The summed E-state index contributed by atoms with van der Waals surface area (Å²) >= 11 is 0. The second kappa shape index (κ2) is 4.21. The van der Waals surface area contributed by atoms with Crippen molar-refractivity contribution in [3.8, 4) is 11.5 Å². The van der Waals surface area contributed by atoms with Gasteiger partial charge in [-0.05, 0) is 55.2 Å². The second-order valence-electron chi connectivity index (χ2n) is 7.18. The van der Waals surface area contributed by atoms with E-state index >= 15 is 0 Å². The zero-order valence-corrected chi connectivity index (χ0v) is 13.2. The lowest BCUT2D eigenvalue weighted by Gasteiger charge is -2.53. The van der Waals surface area contributed by atoms with Crippen LogP contribution in [-0.4, -0.2) is 20.3 Å². The summed E-state index contributed by atoms with van der Waals surface area (Å²) in [6.45, 7) is 0. The lowest BCUT2D eigenvalue weighted by atomic mass is 9.49. The van der Waals surface area contributed by atoms with Crippen LogP contribution in [0.25, 0.3) is 0 Å². The second-order valence-corrected chi connectivity index (χ2v) is 7.18. The first kappa shape index (κ1) is 12.9. The maximum atomic E-state index is 6.49. The summed E-state index contributed by atoms with van der Waals surface area (Å²) in [5.74, 6) is 4.37. The van der Waals surface area contributed by atoms with E-state index < -0.39 is 0 Å². The summed E-state index contributed by atoms with van der Waals surface area (Å²) in [5.41, 5.74) is 3.05. The van der Waals surface area contributed by atoms with E-state index in [-0.39, 0.29) is 11.5 Å². The molecule has 4 aliphatic rings. The van der Waals surface area contributed by atoms with Gasteiger partial charge in [0, 0.05) is 11.0 Å². The highest BCUT2D eigenvalue weighted by Gasteiger charge is 2.63. The van der Waals surface area contributed by atoms with Crippen molar-refractivity contribution in [3.05, 3.63) is 35.1 Å². The molecule has 3 heteroatoms. The third kappa shape index (κ3) is 1.30. The van der Waals surface area contributed by atoms with Gasteiger partial charge in [-0.1, -0.05) is 12.5 Å². The van der Waals surface area contributed by atoms with Crippen LogP contribution in [0.1, 0.15) is 36.8 Å². The van der Waals surface area contributed by atoms with Crippen molar-refractivity contribution in [2.24, 2.45) is 11.8 Å². The first-order valence-electron chi connectivity index (χ1n) is 8.40.